The van der Waals surface area contributed by atoms with E-state index in [-0.39, 0.29) is 6.42 Å². The number of ether oxygens (including phenoxy) is 1. The Balaban J connectivity index is 2.63. The van der Waals surface area contributed by atoms with Crippen molar-refractivity contribution in [2.24, 2.45) is 0 Å². The summed E-state index contributed by atoms with van der Waals surface area (Å²) in [6.07, 6.45) is 2.16. The van der Waals surface area contributed by atoms with Crippen molar-refractivity contribution in [3.8, 4) is 0 Å². The van der Waals surface area contributed by atoms with Gasteiger partial charge in [0.15, 0.2) is 0 Å². The molecule has 1 atom stereocenters. The van der Waals surface area contributed by atoms with Crippen molar-refractivity contribution in [1.29, 1.82) is 0 Å². The van der Waals surface area contributed by atoms with Gasteiger partial charge in [0.1, 0.15) is 0 Å². The first-order chi connectivity index (χ1) is 8.19. The highest BCUT2D eigenvalue weighted by atomic mass is 32.2. The molecule has 0 unspecified atom stereocenters. The second-order valence-electron chi connectivity index (χ2n) is 3.34. The maximum Gasteiger partial charge on any atom is 0.523 e. The maximum atomic E-state index is 12.0. The molecule has 1 rings (SSSR count). The molecule has 18 heavy (non-hydrogen) atoms. The minimum Gasteiger partial charge on any atom is -0.452 e. The van der Waals surface area contributed by atoms with Gasteiger partial charge >= 0.3 is 21.7 Å². The Labute approximate surface area is 101 Å². The fourth-order valence-corrected chi connectivity index (χ4v) is 1.74. The molecule has 0 radical (unpaired) electrons. The van der Waals surface area contributed by atoms with Gasteiger partial charge in [0, 0.05) is 6.20 Å². The maximum absolute atomic E-state index is 12.0. The van der Waals surface area contributed by atoms with E-state index in [0.717, 1.165) is 12.0 Å². The van der Waals surface area contributed by atoms with Crippen LogP contribution in [0, 0.1) is 0 Å². The third-order valence-electron chi connectivity index (χ3n) is 2.15. The van der Waals surface area contributed by atoms with E-state index in [9.17, 15) is 26.4 Å². The van der Waals surface area contributed by atoms with E-state index >= 15 is 0 Å². The van der Waals surface area contributed by atoms with Gasteiger partial charge in [-0.15, -0.1) is 0 Å². The zero-order valence-corrected chi connectivity index (χ0v) is 9.99. The molecule has 0 saturated carbocycles. The lowest BCUT2D eigenvalue weighted by atomic mass is 10.2. The van der Waals surface area contributed by atoms with Crippen molar-refractivity contribution >= 4 is 16.2 Å². The number of amides is 1. The van der Waals surface area contributed by atoms with E-state index in [1.54, 1.807) is 0 Å². The Morgan fingerprint density at radius 3 is 2.61 bits per heavy atom. The van der Waals surface area contributed by atoms with Crippen molar-refractivity contribution in [1.82, 2.24) is 4.90 Å². The number of hydrogen-bond donors (Lipinski definition) is 0. The Morgan fingerprint density at radius 1 is 1.50 bits per heavy atom. The first kappa shape index (κ1) is 14.8. The molecule has 1 amide bonds. The van der Waals surface area contributed by atoms with Crippen LogP contribution >= 0.6 is 0 Å². The summed E-state index contributed by atoms with van der Waals surface area (Å²) in [5.74, 6) is 0. The Morgan fingerprint density at radius 2 is 2.11 bits per heavy atom. The minimum absolute atomic E-state index is 0.183. The normalized spacial score (nSPS) is 20.2. The molecular formula is C8H10F3NO5S. The van der Waals surface area contributed by atoms with E-state index in [2.05, 4.69) is 8.92 Å². The van der Waals surface area contributed by atoms with Crippen LogP contribution in [0.1, 0.15) is 6.42 Å². The molecule has 0 N–H and O–H groups in total. The van der Waals surface area contributed by atoms with Crippen LogP contribution in [0.5, 0.6) is 0 Å². The summed E-state index contributed by atoms with van der Waals surface area (Å²) >= 11 is 0. The Kier molecular flexibility index (Phi) is 4.22. The van der Waals surface area contributed by atoms with E-state index in [0.29, 0.717) is 0 Å². The molecule has 0 aromatic heterocycles. The zero-order chi connectivity index (χ0) is 14.0. The molecule has 0 aromatic rings. The van der Waals surface area contributed by atoms with Crippen LogP contribution in [0.3, 0.4) is 0 Å². The van der Waals surface area contributed by atoms with E-state index in [4.69, 9.17) is 0 Å². The molecule has 0 bridgehead atoms. The SMILES string of the molecule is COC(=O)N1C=CC[C@H]1COS(=O)(=O)C(F)(F)F. The van der Waals surface area contributed by atoms with Gasteiger partial charge in [-0.3, -0.25) is 9.08 Å². The lowest BCUT2D eigenvalue weighted by Crippen LogP contribution is -2.38. The lowest BCUT2D eigenvalue weighted by molar-refractivity contribution is -0.0550. The summed E-state index contributed by atoms with van der Waals surface area (Å²) < 4.78 is 65.5. The molecule has 0 fully saturated rings. The van der Waals surface area contributed by atoms with Gasteiger partial charge in [0.2, 0.25) is 0 Å². The van der Waals surface area contributed by atoms with E-state index in [1.165, 1.54) is 12.3 Å². The van der Waals surface area contributed by atoms with Crippen molar-refractivity contribution < 1.29 is 35.3 Å². The minimum atomic E-state index is -5.65. The van der Waals surface area contributed by atoms with Gasteiger partial charge in [-0.2, -0.15) is 21.6 Å². The van der Waals surface area contributed by atoms with Crippen LogP contribution in [0.4, 0.5) is 18.0 Å². The highest BCUT2D eigenvalue weighted by molar-refractivity contribution is 7.87. The van der Waals surface area contributed by atoms with Crippen LogP contribution < -0.4 is 0 Å². The van der Waals surface area contributed by atoms with Gasteiger partial charge in [0.25, 0.3) is 0 Å². The average Bonchev–Trinajstić information content (AvgIpc) is 2.72. The summed E-state index contributed by atoms with van der Waals surface area (Å²) in [4.78, 5) is 12.1. The Bertz CT molecular complexity index is 444. The first-order valence-corrected chi connectivity index (χ1v) is 6.08. The van der Waals surface area contributed by atoms with Crippen LogP contribution in [-0.4, -0.2) is 44.7 Å². The molecule has 0 aromatic carbocycles. The zero-order valence-electron chi connectivity index (χ0n) is 9.18. The Hall–Kier alpha value is -1.29. The predicted molar refractivity (Wildman–Crippen MR) is 52.7 cm³/mol. The van der Waals surface area contributed by atoms with Crippen LogP contribution in [0.15, 0.2) is 12.3 Å². The van der Waals surface area contributed by atoms with Crippen LogP contribution in [-0.2, 0) is 19.0 Å². The molecule has 1 aliphatic heterocycles. The lowest BCUT2D eigenvalue weighted by Gasteiger charge is -2.22. The van der Waals surface area contributed by atoms with Crippen LogP contribution in [0.25, 0.3) is 0 Å². The number of carbonyl (C=O) groups is 1. The molecular weight excluding hydrogens is 279 g/mol. The summed E-state index contributed by atoms with van der Waals surface area (Å²) in [5.41, 5.74) is -5.48. The number of alkyl halides is 3. The number of nitrogens with zero attached hydrogens (tertiary/aromatic N) is 1. The molecule has 10 heteroatoms. The standard InChI is InChI=1S/C8H10F3NO5S/c1-16-7(13)12-4-2-3-6(12)5-17-18(14,15)8(9,10)11/h2,4,6H,3,5H2,1H3/t6-/m0/s1. The van der Waals surface area contributed by atoms with E-state index < -0.39 is 34.4 Å². The fraction of sp³-hybridized carbons (Fsp3) is 0.625. The van der Waals surface area contributed by atoms with Crippen molar-refractivity contribution in [2.75, 3.05) is 13.7 Å². The van der Waals surface area contributed by atoms with Crippen molar-refractivity contribution in [3.63, 3.8) is 0 Å². The topological polar surface area (TPSA) is 72.9 Å². The number of rotatable bonds is 3. The quantitative estimate of drug-likeness (QED) is 0.576. The largest absolute Gasteiger partial charge is 0.523 e. The van der Waals surface area contributed by atoms with Gasteiger partial charge < -0.3 is 4.74 Å². The van der Waals surface area contributed by atoms with Crippen LogP contribution in [0.2, 0.25) is 0 Å². The van der Waals surface area contributed by atoms with E-state index in [1.807, 2.05) is 0 Å². The summed E-state index contributed by atoms with van der Waals surface area (Å²) in [6.45, 7) is -0.788. The first-order valence-electron chi connectivity index (χ1n) is 4.67. The van der Waals surface area contributed by atoms with Gasteiger partial charge in [-0.05, 0) is 6.42 Å². The monoisotopic (exact) mass is 289 g/mol. The third-order valence-corrected chi connectivity index (χ3v) is 3.17. The fourth-order valence-electron chi connectivity index (χ4n) is 1.27. The number of carbonyl (C=O) groups excluding carboxylic acids is 1. The third kappa shape index (κ3) is 3.13. The molecule has 1 aliphatic rings. The second kappa shape index (κ2) is 5.14. The number of methoxy groups -OCH3 is 1. The number of halogens is 3. The van der Waals surface area contributed by atoms with Crippen molar-refractivity contribution in [3.05, 3.63) is 12.3 Å². The van der Waals surface area contributed by atoms with Gasteiger partial charge in [-0.1, -0.05) is 6.08 Å². The molecule has 1 heterocycles. The average molecular weight is 289 g/mol. The van der Waals surface area contributed by atoms with Crippen molar-refractivity contribution in [2.45, 2.75) is 18.0 Å². The molecule has 0 spiro atoms. The molecule has 0 saturated heterocycles. The molecule has 104 valence electrons. The summed E-state index contributed by atoms with van der Waals surface area (Å²) in [5, 5.41) is 0. The number of hydrogen-bond acceptors (Lipinski definition) is 5. The summed E-state index contributed by atoms with van der Waals surface area (Å²) in [7, 11) is -4.55. The second-order valence-corrected chi connectivity index (χ2v) is 4.94. The molecule has 0 aliphatic carbocycles. The predicted octanol–water partition coefficient (Wildman–Crippen LogP) is 1.21. The highest BCUT2D eigenvalue weighted by Crippen LogP contribution is 2.26. The summed E-state index contributed by atoms with van der Waals surface area (Å²) in [6, 6.07) is -0.838. The highest BCUT2D eigenvalue weighted by Gasteiger charge is 2.47. The molecule has 6 nitrogen and oxygen atoms in total. The van der Waals surface area contributed by atoms with Gasteiger partial charge in [-0.25, -0.2) is 4.79 Å². The smallest absolute Gasteiger partial charge is 0.452 e. The van der Waals surface area contributed by atoms with Gasteiger partial charge in [0.05, 0.1) is 19.8 Å².